The fraction of sp³-hybridized carbons (Fsp3) is 0.368. The van der Waals surface area contributed by atoms with Crippen molar-refractivity contribution in [2.24, 2.45) is 0 Å². The molecule has 1 aliphatic rings. The Kier molecular flexibility index (Phi) is 4.72. The number of benzene rings is 2. The number of ether oxygens (including phenoxy) is 4. The van der Waals surface area contributed by atoms with Crippen LogP contribution in [0.2, 0.25) is 0 Å². The molecule has 0 radical (unpaired) electrons. The SMILES string of the molecule is COCOc1c(-c2cccc3c2CCC3)ccc(OC)c1OC. The molecule has 0 heterocycles. The summed E-state index contributed by atoms with van der Waals surface area (Å²) >= 11 is 0. The van der Waals surface area contributed by atoms with Crippen LogP contribution in [-0.2, 0) is 17.6 Å². The van der Waals surface area contributed by atoms with Gasteiger partial charge in [-0.05, 0) is 48.1 Å². The lowest BCUT2D eigenvalue weighted by Crippen LogP contribution is -2.04. The standard InChI is InChI=1S/C19H22O4/c1-20-12-23-18-16(10-11-17(21-2)19(18)22-3)15-9-5-7-13-6-4-8-14(13)15/h5,7,9-11H,4,6,8,12H2,1-3H3. The van der Waals surface area contributed by atoms with Crippen molar-refractivity contribution in [2.75, 3.05) is 28.1 Å². The molecule has 23 heavy (non-hydrogen) atoms. The molecule has 0 N–H and O–H groups in total. The molecule has 2 aromatic rings. The molecule has 0 atom stereocenters. The Hall–Kier alpha value is -2.20. The zero-order chi connectivity index (χ0) is 16.2. The van der Waals surface area contributed by atoms with Gasteiger partial charge in [-0.15, -0.1) is 0 Å². The summed E-state index contributed by atoms with van der Waals surface area (Å²) in [4.78, 5) is 0. The van der Waals surface area contributed by atoms with E-state index in [2.05, 4.69) is 18.2 Å². The molecule has 0 aromatic heterocycles. The quantitative estimate of drug-likeness (QED) is 0.759. The van der Waals surface area contributed by atoms with Crippen molar-refractivity contribution in [1.29, 1.82) is 0 Å². The maximum absolute atomic E-state index is 5.84. The molecule has 2 aromatic carbocycles. The monoisotopic (exact) mass is 314 g/mol. The van der Waals surface area contributed by atoms with E-state index in [-0.39, 0.29) is 6.79 Å². The van der Waals surface area contributed by atoms with Crippen LogP contribution < -0.4 is 14.2 Å². The van der Waals surface area contributed by atoms with Gasteiger partial charge in [0.15, 0.2) is 18.3 Å². The zero-order valence-electron chi connectivity index (χ0n) is 13.8. The molecule has 1 aliphatic carbocycles. The minimum atomic E-state index is 0.158. The van der Waals surface area contributed by atoms with Crippen molar-refractivity contribution in [2.45, 2.75) is 19.3 Å². The van der Waals surface area contributed by atoms with Gasteiger partial charge >= 0.3 is 0 Å². The molecule has 0 saturated heterocycles. The van der Waals surface area contributed by atoms with Crippen molar-refractivity contribution in [1.82, 2.24) is 0 Å². The lowest BCUT2D eigenvalue weighted by molar-refractivity contribution is 0.0493. The van der Waals surface area contributed by atoms with E-state index >= 15 is 0 Å². The molecule has 0 unspecified atom stereocenters. The second-order valence-electron chi connectivity index (χ2n) is 5.53. The van der Waals surface area contributed by atoms with Gasteiger partial charge in [0.2, 0.25) is 5.75 Å². The van der Waals surface area contributed by atoms with E-state index in [4.69, 9.17) is 18.9 Å². The van der Waals surface area contributed by atoms with Crippen LogP contribution >= 0.6 is 0 Å². The highest BCUT2D eigenvalue weighted by Crippen LogP contribution is 2.46. The third kappa shape index (κ3) is 2.86. The Labute approximate surface area is 136 Å². The molecule has 0 saturated carbocycles. The average Bonchev–Trinajstić information content (AvgIpc) is 3.07. The fourth-order valence-electron chi connectivity index (χ4n) is 3.24. The van der Waals surface area contributed by atoms with Gasteiger partial charge in [0.25, 0.3) is 0 Å². The smallest absolute Gasteiger partial charge is 0.204 e. The lowest BCUT2D eigenvalue weighted by Gasteiger charge is -2.18. The van der Waals surface area contributed by atoms with E-state index in [1.165, 1.54) is 23.1 Å². The molecule has 0 aliphatic heterocycles. The normalized spacial score (nSPS) is 12.8. The number of hydrogen-bond donors (Lipinski definition) is 0. The van der Waals surface area contributed by atoms with Crippen LogP contribution in [0.4, 0.5) is 0 Å². The molecule has 0 fully saturated rings. The van der Waals surface area contributed by atoms with E-state index in [0.717, 1.165) is 18.4 Å². The number of aryl methyl sites for hydroxylation is 1. The van der Waals surface area contributed by atoms with Crippen LogP contribution in [0.5, 0.6) is 17.2 Å². The molecular formula is C19H22O4. The average molecular weight is 314 g/mol. The van der Waals surface area contributed by atoms with Gasteiger partial charge < -0.3 is 18.9 Å². The molecule has 122 valence electrons. The molecule has 3 rings (SSSR count). The minimum Gasteiger partial charge on any atom is -0.493 e. The Balaban J connectivity index is 2.17. The van der Waals surface area contributed by atoms with E-state index < -0.39 is 0 Å². The third-order valence-electron chi connectivity index (χ3n) is 4.26. The van der Waals surface area contributed by atoms with E-state index in [1.54, 1.807) is 21.3 Å². The van der Waals surface area contributed by atoms with Crippen molar-refractivity contribution in [3.8, 4) is 28.4 Å². The van der Waals surface area contributed by atoms with Gasteiger partial charge in [-0.3, -0.25) is 0 Å². The summed E-state index contributed by atoms with van der Waals surface area (Å²) in [5, 5.41) is 0. The second-order valence-corrected chi connectivity index (χ2v) is 5.53. The van der Waals surface area contributed by atoms with Crippen molar-refractivity contribution >= 4 is 0 Å². The molecular weight excluding hydrogens is 292 g/mol. The summed E-state index contributed by atoms with van der Waals surface area (Å²) in [5.74, 6) is 1.90. The minimum absolute atomic E-state index is 0.158. The summed E-state index contributed by atoms with van der Waals surface area (Å²) in [6, 6.07) is 10.4. The van der Waals surface area contributed by atoms with Gasteiger partial charge in [-0.25, -0.2) is 0 Å². The molecule has 4 heteroatoms. The Morgan fingerprint density at radius 1 is 0.870 bits per heavy atom. The highest BCUT2D eigenvalue weighted by Gasteiger charge is 2.22. The Bertz CT molecular complexity index is 694. The van der Waals surface area contributed by atoms with Gasteiger partial charge in [-0.2, -0.15) is 0 Å². The molecule has 0 spiro atoms. The predicted octanol–water partition coefficient (Wildman–Crippen LogP) is 3.84. The largest absolute Gasteiger partial charge is 0.493 e. The highest BCUT2D eigenvalue weighted by atomic mass is 16.7. The maximum atomic E-state index is 5.84. The fourth-order valence-corrected chi connectivity index (χ4v) is 3.24. The van der Waals surface area contributed by atoms with E-state index in [0.29, 0.717) is 17.2 Å². The van der Waals surface area contributed by atoms with Gasteiger partial charge in [0.05, 0.1) is 14.2 Å². The van der Waals surface area contributed by atoms with Gasteiger partial charge in [0.1, 0.15) is 0 Å². The Morgan fingerprint density at radius 2 is 1.74 bits per heavy atom. The van der Waals surface area contributed by atoms with Crippen LogP contribution in [0, 0.1) is 0 Å². The first kappa shape index (κ1) is 15.7. The van der Waals surface area contributed by atoms with Crippen molar-refractivity contribution in [3.63, 3.8) is 0 Å². The summed E-state index contributed by atoms with van der Waals surface area (Å²) in [5.41, 5.74) is 5.04. The summed E-state index contributed by atoms with van der Waals surface area (Å²) in [6.07, 6.45) is 3.45. The molecule has 0 bridgehead atoms. The van der Waals surface area contributed by atoms with E-state index in [9.17, 15) is 0 Å². The van der Waals surface area contributed by atoms with Crippen LogP contribution in [-0.4, -0.2) is 28.1 Å². The van der Waals surface area contributed by atoms with Crippen LogP contribution in [0.25, 0.3) is 11.1 Å². The highest BCUT2D eigenvalue weighted by molar-refractivity contribution is 5.79. The first-order valence-electron chi connectivity index (χ1n) is 7.78. The van der Waals surface area contributed by atoms with E-state index in [1.807, 2.05) is 12.1 Å². The van der Waals surface area contributed by atoms with Crippen molar-refractivity contribution in [3.05, 3.63) is 41.5 Å². The second kappa shape index (κ2) is 6.92. The summed E-state index contributed by atoms with van der Waals surface area (Å²) in [7, 11) is 4.85. The number of fused-ring (bicyclic) bond motifs is 1. The molecule has 4 nitrogen and oxygen atoms in total. The number of rotatable bonds is 6. The predicted molar refractivity (Wildman–Crippen MR) is 89.5 cm³/mol. The van der Waals surface area contributed by atoms with Crippen molar-refractivity contribution < 1.29 is 18.9 Å². The topological polar surface area (TPSA) is 36.9 Å². The first-order valence-corrected chi connectivity index (χ1v) is 7.78. The van der Waals surface area contributed by atoms with Crippen LogP contribution in [0.1, 0.15) is 17.5 Å². The van der Waals surface area contributed by atoms with Crippen LogP contribution in [0.15, 0.2) is 30.3 Å². The number of hydrogen-bond acceptors (Lipinski definition) is 4. The van der Waals surface area contributed by atoms with Gasteiger partial charge in [0, 0.05) is 12.7 Å². The first-order chi connectivity index (χ1) is 11.3. The number of methoxy groups -OCH3 is 3. The molecule has 0 amide bonds. The van der Waals surface area contributed by atoms with Crippen LogP contribution in [0.3, 0.4) is 0 Å². The maximum Gasteiger partial charge on any atom is 0.204 e. The summed E-state index contributed by atoms with van der Waals surface area (Å²) in [6.45, 7) is 0.158. The summed E-state index contributed by atoms with van der Waals surface area (Å²) < 4.78 is 21.9. The third-order valence-corrected chi connectivity index (χ3v) is 4.26. The van der Waals surface area contributed by atoms with Gasteiger partial charge in [-0.1, -0.05) is 18.2 Å². The zero-order valence-corrected chi connectivity index (χ0v) is 13.8. The Morgan fingerprint density at radius 3 is 2.48 bits per heavy atom. The lowest BCUT2D eigenvalue weighted by atomic mass is 9.96.